The summed E-state index contributed by atoms with van der Waals surface area (Å²) in [6.07, 6.45) is 12.1. The van der Waals surface area contributed by atoms with Crippen LogP contribution in [-0.4, -0.2) is 15.0 Å². The number of allylic oxidation sites excluding steroid dienone is 5. The first kappa shape index (κ1) is 30.2. The van der Waals surface area contributed by atoms with E-state index in [1.54, 1.807) is 0 Å². The topological polar surface area (TPSA) is 65.0 Å². The summed E-state index contributed by atoms with van der Waals surface area (Å²) in [6, 6.07) is 45.2. The minimum atomic E-state index is 0.566. The molecule has 0 spiro atoms. The third-order valence-electron chi connectivity index (χ3n) is 9.08. The van der Waals surface area contributed by atoms with Crippen molar-refractivity contribution in [3.05, 3.63) is 169 Å². The van der Waals surface area contributed by atoms with E-state index in [4.69, 9.17) is 23.8 Å². The lowest BCUT2D eigenvalue weighted by Crippen LogP contribution is -2.01. The van der Waals surface area contributed by atoms with Gasteiger partial charge in [0.1, 0.15) is 22.3 Å². The molecule has 0 amide bonds. The Morgan fingerprint density at radius 3 is 1.78 bits per heavy atom. The fourth-order valence-corrected chi connectivity index (χ4v) is 6.71. The van der Waals surface area contributed by atoms with Gasteiger partial charge in [0.15, 0.2) is 17.5 Å². The van der Waals surface area contributed by atoms with Crippen LogP contribution in [0.4, 0.5) is 0 Å². The number of hydrogen-bond acceptors (Lipinski definition) is 5. The molecule has 0 aliphatic heterocycles. The molecule has 51 heavy (non-hydrogen) atoms. The van der Waals surface area contributed by atoms with E-state index in [1.807, 2.05) is 85.8 Å². The van der Waals surface area contributed by atoms with Crippen molar-refractivity contribution in [2.24, 2.45) is 0 Å². The number of aromatic nitrogens is 3. The molecule has 0 saturated carbocycles. The van der Waals surface area contributed by atoms with Gasteiger partial charge in [-0.3, -0.25) is 0 Å². The van der Waals surface area contributed by atoms with Crippen LogP contribution < -0.4 is 0 Å². The summed E-state index contributed by atoms with van der Waals surface area (Å²) in [5, 5.41) is 3.95. The summed E-state index contributed by atoms with van der Waals surface area (Å²) in [4.78, 5) is 15.5. The molecule has 0 unspecified atom stereocenters. The molecule has 0 saturated heterocycles. The molecule has 3 heterocycles. The van der Waals surface area contributed by atoms with Gasteiger partial charge in [-0.2, -0.15) is 0 Å². The number of para-hydroxylation sites is 1. The summed E-state index contributed by atoms with van der Waals surface area (Å²) >= 11 is 0. The first-order chi connectivity index (χ1) is 25.2. The molecule has 0 fully saturated rings. The molecule has 5 nitrogen and oxygen atoms in total. The van der Waals surface area contributed by atoms with E-state index in [2.05, 4.69) is 91.0 Å². The summed E-state index contributed by atoms with van der Waals surface area (Å²) in [5.74, 6) is 1.72. The van der Waals surface area contributed by atoms with E-state index >= 15 is 0 Å². The third-order valence-corrected chi connectivity index (χ3v) is 9.08. The maximum atomic E-state index is 6.44. The van der Waals surface area contributed by atoms with Crippen LogP contribution >= 0.6 is 0 Å². The Balaban J connectivity index is 1.25. The second-order valence-corrected chi connectivity index (χ2v) is 12.3. The van der Waals surface area contributed by atoms with Crippen LogP contribution in [0, 0.1) is 0 Å². The van der Waals surface area contributed by atoms with Crippen molar-refractivity contribution in [2.75, 3.05) is 0 Å². The van der Waals surface area contributed by atoms with Gasteiger partial charge in [-0.25, -0.2) is 15.0 Å². The maximum absolute atomic E-state index is 6.44. The lowest BCUT2D eigenvalue weighted by atomic mass is 10.0. The van der Waals surface area contributed by atoms with Crippen molar-refractivity contribution in [1.29, 1.82) is 0 Å². The van der Waals surface area contributed by atoms with Gasteiger partial charge in [-0.1, -0.05) is 134 Å². The smallest absolute Gasteiger partial charge is 0.164 e. The summed E-state index contributed by atoms with van der Waals surface area (Å²) in [5.41, 5.74) is 9.10. The van der Waals surface area contributed by atoms with Crippen LogP contribution in [0.3, 0.4) is 0 Å². The van der Waals surface area contributed by atoms with Crippen LogP contribution in [0.5, 0.6) is 0 Å². The molecule has 6 aromatic carbocycles. The Kier molecular flexibility index (Phi) is 7.63. The fourth-order valence-electron chi connectivity index (χ4n) is 6.71. The summed E-state index contributed by atoms with van der Waals surface area (Å²) in [7, 11) is 0. The normalized spacial score (nSPS) is 12.2. The number of furan rings is 2. The second kappa shape index (κ2) is 12.9. The van der Waals surface area contributed by atoms with E-state index in [0.29, 0.717) is 17.5 Å². The van der Waals surface area contributed by atoms with Crippen molar-refractivity contribution in [1.82, 2.24) is 15.0 Å². The molecule has 0 bridgehead atoms. The molecule has 3 aromatic heterocycles. The van der Waals surface area contributed by atoms with Gasteiger partial charge in [-0.15, -0.1) is 0 Å². The molecule has 0 atom stereocenters. The zero-order valence-corrected chi connectivity index (χ0v) is 27.8. The number of benzene rings is 6. The number of rotatable bonds is 7. The van der Waals surface area contributed by atoms with Gasteiger partial charge in [0.05, 0.1) is 0 Å². The minimum absolute atomic E-state index is 0.566. The van der Waals surface area contributed by atoms with Gasteiger partial charge >= 0.3 is 0 Å². The van der Waals surface area contributed by atoms with E-state index in [1.165, 1.54) is 0 Å². The molecule has 0 N–H and O–H groups in total. The average Bonchev–Trinajstić information content (AvgIpc) is 3.76. The lowest BCUT2D eigenvalue weighted by Gasteiger charge is -2.11. The van der Waals surface area contributed by atoms with Crippen molar-refractivity contribution < 1.29 is 8.83 Å². The van der Waals surface area contributed by atoms with Gasteiger partial charge in [-0.05, 0) is 60.0 Å². The van der Waals surface area contributed by atoms with E-state index in [-0.39, 0.29) is 0 Å². The van der Waals surface area contributed by atoms with Gasteiger partial charge in [0.25, 0.3) is 0 Å². The van der Waals surface area contributed by atoms with Gasteiger partial charge < -0.3 is 8.83 Å². The van der Waals surface area contributed by atoms with Gasteiger partial charge in [0, 0.05) is 38.2 Å². The first-order valence-corrected chi connectivity index (χ1v) is 17.0. The molecule has 0 aliphatic carbocycles. The number of fused-ring (bicyclic) bond motifs is 6. The minimum Gasteiger partial charge on any atom is -0.456 e. The van der Waals surface area contributed by atoms with Crippen molar-refractivity contribution in [3.63, 3.8) is 0 Å². The summed E-state index contributed by atoms with van der Waals surface area (Å²) < 4.78 is 12.7. The second-order valence-electron chi connectivity index (χ2n) is 12.3. The van der Waals surface area contributed by atoms with Crippen LogP contribution in [0.1, 0.15) is 12.5 Å². The third kappa shape index (κ3) is 5.61. The molecular weight excluding hydrogens is 627 g/mol. The van der Waals surface area contributed by atoms with Crippen LogP contribution in [0.25, 0.3) is 95.2 Å². The van der Waals surface area contributed by atoms with Crippen molar-refractivity contribution in [2.45, 2.75) is 6.92 Å². The molecular formula is C46H31N3O2. The Morgan fingerprint density at radius 2 is 1.02 bits per heavy atom. The monoisotopic (exact) mass is 657 g/mol. The molecule has 242 valence electrons. The SMILES string of the molecule is C\C=C/C=C\C=C\c1ccc2c(c1)oc1cccc(-c3nc(-c4cccc(-c5ccccc5)c4)nc(-c4cccc5oc6ccccc6c45)n3)c12. The zero-order valence-electron chi connectivity index (χ0n) is 27.8. The first-order valence-electron chi connectivity index (χ1n) is 17.0. The lowest BCUT2D eigenvalue weighted by molar-refractivity contribution is 0.668. The molecule has 9 rings (SSSR count). The highest BCUT2D eigenvalue weighted by atomic mass is 16.3. The highest BCUT2D eigenvalue weighted by Gasteiger charge is 2.20. The number of nitrogens with zero attached hydrogens (tertiary/aromatic N) is 3. The Morgan fingerprint density at radius 1 is 0.431 bits per heavy atom. The van der Waals surface area contributed by atoms with Crippen molar-refractivity contribution in [3.8, 4) is 45.3 Å². The predicted molar refractivity (Wildman–Crippen MR) is 209 cm³/mol. The molecule has 9 aromatic rings. The van der Waals surface area contributed by atoms with Crippen molar-refractivity contribution >= 4 is 50.0 Å². The fraction of sp³-hybridized carbons (Fsp3) is 0.0217. The quantitative estimate of drug-likeness (QED) is 0.160. The Bertz CT molecular complexity index is 2820. The Labute approximate surface area is 294 Å². The Hall–Kier alpha value is -6.85. The van der Waals surface area contributed by atoms with Crippen LogP contribution in [0.2, 0.25) is 0 Å². The highest BCUT2D eigenvalue weighted by molar-refractivity contribution is 6.13. The maximum Gasteiger partial charge on any atom is 0.164 e. The van der Waals surface area contributed by atoms with Crippen LogP contribution in [-0.2, 0) is 0 Å². The average molecular weight is 658 g/mol. The molecule has 0 aliphatic rings. The van der Waals surface area contributed by atoms with E-state index in [9.17, 15) is 0 Å². The van der Waals surface area contributed by atoms with Gasteiger partial charge in [0.2, 0.25) is 0 Å². The molecule has 0 radical (unpaired) electrons. The largest absolute Gasteiger partial charge is 0.456 e. The summed E-state index contributed by atoms with van der Waals surface area (Å²) in [6.45, 7) is 2.00. The highest BCUT2D eigenvalue weighted by Crippen LogP contribution is 2.39. The predicted octanol–water partition coefficient (Wildman–Crippen LogP) is 12.5. The zero-order chi connectivity index (χ0) is 34.1. The van der Waals surface area contributed by atoms with Crippen LogP contribution in [0.15, 0.2) is 173 Å². The standard InChI is InChI=1S/C46H31N3O2/c1-2-3-4-5-7-15-30-26-27-35-41(28-30)51-40-25-14-22-37(43(35)40)46-48-44(33-19-12-18-32(29-33)31-16-8-6-9-17-31)47-45(49-46)36-21-13-24-39-42(36)34-20-10-11-23-38(34)50-39/h2-29H,1H3/b3-2-,5-4-,15-7+. The number of hydrogen-bond donors (Lipinski definition) is 0. The molecule has 5 heteroatoms. The van der Waals surface area contributed by atoms with E-state index in [0.717, 1.165) is 77.3 Å². The van der Waals surface area contributed by atoms with E-state index < -0.39 is 0 Å².